The molecule has 1 aromatic carbocycles. The summed E-state index contributed by atoms with van der Waals surface area (Å²) >= 11 is 0. The van der Waals surface area contributed by atoms with Gasteiger partial charge in [-0.3, -0.25) is 5.21 Å². The molecule has 1 rings (SSSR count). The SMILES string of the molecule is CCS(=N)(=O)N(O)c1ccccc1. The maximum atomic E-state index is 11.4. The predicted octanol–water partition coefficient (Wildman–Crippen LogP) is 1.86. The third-order valence-electron chi connectivity index (χ3n) is 1.65. The topological polar surface area (TPSA) is 64.4 Å². The Morgan fingerprint density at radius 3 is 2.46 bits per heavy atom. The van der Waals surface area contributed by atoms with Gasteiger partial charge in [-0.2, -0.15) is 4.47 Å². The molecular weight excluding hydrogens is 188 g/mol. The lowest BCUT2D eigenvalue weighted by molar-refractivity contribution is 0.322. The minimum atomic E-state index is -3.06. The normalized spacial score (nSPS) is 14.9. The Hall–Kier alpha value is -1.07. The summed E-state index contributed by atoms with van der Waals surface area (Å²) in [5, 5.41) is 9.42. The smallest absolute Gasteiger partial charge is 0.151 e. The van der Waals surface area contributed by atoms with Gasteiger partial charge >= 0.3 is 0 Å². The first kappa shape index (κ1) is 10.0. The highest BCUT2D eigenvalue weighted by molar-refractivity contribution is 7.93. The Morgan fingerprint density at radius 1 is 1.46 bits per heavy atom. The van der Waals surface area contributed by atoms with Crippen molar-refractivity contribution in [1.82, 2.24) is 0 Å². The van der Waals surface area contributed by atoms with Crippen LogP contribution in [-0.2, 0) is 9.92 Å². The van der Waals surface area contributed by atoms with Crippen LogP contribution < -0.4 is 4.47 Å². The highest BCUT2D eigenvalue weighted by Gasteiger charge is 2.13. The summed E-state index contributed by atoms with van der Waals surface area (Å²) in [5.74, 6) is 0.0956. The first-order chi connectivity index (χ1) is 6.08. The lowest BCUT2D eigenvalue weighted by Crippen LogP contribution is -2.27. The van der Waals surface area contributed by atoms with Gasteiger partial charge in [0.25, 0.3) is 0 Å². The van der Waals surface area contributed by atoms with E-state index in [9.17, 15) is 9.42 Å². The molecule has 1 atom stereocenters. The molecule has 0 bridgehead atoms. The maximum absolute atomic E-state index is 11.4. The molecule has 0 aliphatic rings. The third kappa shape index (κ3) is 2.19. The molecule has 4 nitrogen and oxygen atoms in total. The van der Waals surface area contributed by atoms with E-state index >= 15 is 0 Å². The zero-order valence-corrected chi connectivity index (χ0v) is 8.12. The van der Waals surface area contributed by atoms with Crippen molar-refractivity contribution in [3.63, 3.8) is 0 Å². The second kappa shape index (κ2) is 3.76. The molecule has 0 amide bonds. The Labute approximate surface area is 77.9 Å². The highest BCUT2D eigenvalue weighted by Crippen LogP contribution is 2.14. The van der Waals surface area contributed by atoms with Crippen molar-refractivity contribution in [1.29, 1.82) is 4.78 Å². The van der Waals surface area contributed by atoms with Gasteiger partial charge in [0.15, 0.2) is 9.92 Å². The minimum Gasteiger partial charge on any atom is -0.275 e. The molecule has 0 heterocycles. The maximum Gasteiger partial charge on any atom is 0.151 e. The van der Waals surface area contributed by atoms with Crippen molar-refractivity contribution in [2.24, 2.45) is 0 Å². The van der Waals surface area contributed by atoms with Crippen LogP contribution in [0.3, 0.4) is 0 Å². The summed E-state index contributed by atoms with van der Waals surface area (Å²) in [5.41, 5.74) is 0.379. The molecule has 0 aliphatic heterocycles. The van der Waals surface area contributed by atoms with Crippen LogP contribution in [0.1, 0.15) is 6.92 Å². The van der Waals surface area contributed by atoms with Crippen LogP contribution in [0.25, 0.3) is 0 Å². The summed E-state index contributed by atoms with van der Waals surface area (Å²) in [4.78, 5) is 0. The van der Waals surface area contributed by atoms with Crippen LogP contribution in [0.2, 0.25) is 0 Å². The quantitative estimate of drug-likeness (QED) is 0.731. The van der Waals surface area contributed by atoms with Crippen LogP contribution in [0.4, 0.5) is 5.69 Å². The number of para-hydroxylation sites is 1. The second-order valence-corrected chi connectivity index (χ2v) is 4.74. The van der Waals surface area contributed by atoms with E-state index < -0.39 is 9.92 Å². The van der Waals surface area contributed by atoms with Gasteiger partial charge in [-0.05, 0) is 12.1 Å². The van der Waals surface area contributed by atoms with Crippen LogP contribution >= 0.6 is 0 Å². The van der Waals surface area contributed by atoms with Crippen LogP contribution in [-0.4, -0.2) is 15.2 Å². The first-order valence-corrected chi connectivity index (χ1v) is 5.57. The van der Waals surface area contributed by atoms with E-state index in [1.807, 2.05) is 0 Å². The van der Waals surface area contributed by atoms with Crippen molar-refractivity contribution in [3.05, 3.63) is 30.3 Å². The fraction of sp³-hybridized carbons (Fsp3) is 0.250. The Balaban J connectivity index is 2.99. The molecule has 72 valence electrons. The summed E-state index contributed by atoms with van der Waals surface area (Å²) in [7, 11) is -3.06. The number of anilines is 1. The van der Waals surface area contributed by atoms with Crippen LogP contribution in [0.15, 0.2) is 30.3 Å². The van der Waals surface area contributed by atoms with E-state index in [1.165, 1.54) is 0 Å². The molecule has 0 aliphatic carbocycles. The minimum absolute atomic E-state index is 0.0956. The molecular formula is C8H12N2O2S. The Bertz CT molecular complexity index is 361. The molecule has 0 fully saturated rings. The number of nitrogens with one attached hydrogen (secondary N) is 1. The third-order valence-corrected chi connectivity index (χ3v) is 3.20. The van der Waals surface area contributed by atoms with Gasteiger partial charge in [0.1, 0.15) is 0 Å². The van der Waals surface area contributed by atoms with E-state index in [0.29, 0.717) is 10.2 Å². The van der Waals surface area contributed by atoms with Crippen molar-refractivity contribution in [2.45, 2.75) is 6.92 Å². The number of hydrogen-bond acceptors (Lipinski definition) is 3. The summed E-state index contributed by atoms with van der Waals surface area (Å²) in [6, 6.07) is 8.41. The lowest BCUT2D eigenvalue weighted by Gasteiger charge is -2.17. The summed E-state index contributed by atoms with van der Waals surface area (Å²) < 4.78 is 19.2. The zero-order chi connectivity index (χ0) is 9.90. The molecule has 0 spiro atoms. The van der Waals surface area contributed by atoms with Gasteiger partial charge in [0.05, 0.1) is 5.69 Å². The van der Waals surface area contributed by atoms with Crippen LogP contribution in [0, 0.1) is 4.78 Å². The number of nitrogens with zero attached hydrogens (tertiary/aromatic N) is 1. The first-order valence-electron chi connectivity index (χ1n) is 3.88. The van der Waals surface area contributed by atoms with E-state index in [0.717, 1.165) is 0 Å². The summed E-state index contributed by atoms with van der Waals surface area (Å²) in [6.07, 6.45) is 0. The molecule has 0 aromatic heterocycles. The van der Waals surface area contributed by atoms with Gasteiger partial charge in [0.2, 0.25) is 0 Å². The van der Waals surface area contributed by atoms with Gasteiger partial charge < -0.3 is 0 Å². The Kier molecular flexibility index (Phi) is 2.90. The average Bonchev–Trinajstić information content (AvgIpc) is 2.18. The van der Waals surface area contributed by atoms with Crippen molar-refractivity contribution in [3.8, 4) is 0 Å². The summed E-state index contributed by atoms with van der Waals surface area (Å²) in [6.45, 7) is 1.60. The number of benzene rings is 1. The average molecular weight is 200 g/mol. The number of hydrogen-bond donors (Lipinski definition) is 2. The van der Waals surface area contributed by atoms with E-state index in [-0.39, 0.29) is 5.75 Å². The molecule has 0 saturated carbocycles. The van der Waals surface area contributed by atoms with Gasteiger partial charge in [-0.15, -0.1) is 0 Å². The largest absolute Gasteiger partial charge is 0.275 e. The number of rotatable bonds is 3. The van der Waals surface area contributed by atoms with E-state index in [4.69, 9.17) is 4.78 Å². The Morgan fingerprint density at radius 2 is 2.00 bits per heavy atom. The van der Waals surface area contributed by atoms with Crippen molar-refractivity contribution >= 4 is 15.6 Å². The van der Waals surface area contributed by atoms with Gasteiger partial charge in [-0.25, -0.2) is 8.99 Å². The lowest BCUT2D eigenvalue weighted by atomic mass is 10.3. The second-order valence-electron chi connectivity index (χ2n) is 2.54. The molecule has 0 radical (unpaired) electrons. The monoisotopic (exact) mass is 200 g/mol. The van der Waals surface area contributed by atoms with Crippen molar-refractivity contribution in [2.75, 3.05) is 10.2 Å². The standard InChI is InChI=1S/C8H12N2O2S/c1-2-13(9,12)10(11)8-6-4-3-5-7-8/h3-7,9,11H,2H2,1H3. The van der Waals surface area contributed by atoms with E-state index in [2.05, 4.69) is 0 Å². The molecule has 5 heteroatoms. The highest BCUT2D eigenvalue weighted by atomic mass is 32.2. The van der Waals surface area contributed by atoms with E-state index in [1.54, 1.807) is 37.3 Å². The molecule has 1 unspecified atom stereocenters. The van der Waals surface area contributed by atoms with Crippen LogP contribution in [0.5, 0.6) is 0 Å². The van der Waals surface area contributed by atoms with Gasteiger partial charge in [0, 0.05) is 5.75 Å². The predicted molar refractivity (Wildman–Crippen MR) is 52.1 cm³/mol. The fourth-order valence-electron chi connectivity index (χ4n) is 0.848. The fourth-order valence-corrected chi connectivity index (χ4v) is 1.55. The molecule has 2 N–H and O–H groups in total. The molecule has 13 heavy (non-hydrogen) atoms. The molecule has 0 saturated heterocycles. The zero-order valence-electron chi connectivity index (χ0n) is 7.30. The van der Waals surface area contributed by atoms with Crippen molar-refractivity contribution < 1.29 is 9.42 Å². The molecule has 1 aromatic rings. The van der Waals surface area contributed by atoms with Gasteiger partial charge in [-0.1, -0.05) is 25.1 Å².